The second kappa shape index (κ2) is 7.40. The van der Waals surface area contributed by atoms with Crippen molar-refractivity contribution in [1.82, 2.24) is 14.9 Å². The minimum atomic E-state index is -0.247. The molecule has 3 rings (SSSR count). The number of morpholine rings is 1. The van der Waals surface area contributed by atoms with Crippen LogP contribution >= 0.6 is 0 Å². The van der Waals surface area contributed by atoms with Crippen molar-refractivity contribution in [1.29, 1.82) is 0 Å². The standard InChI is InChI=1S/C18H22N4O2/c1-13-20-15(11-17(19)21-13)16-12-22(9-10-24-16)18(23)8-7-14-5-3-2-4-6-14/h2-6,11,16H,7-10,12H2,1H3,(H2,19,20,21)/t16-/m0/s1. The Morgan fingerprint density at radius 3 is 2.88 bits per heavy atom. The fraction of sp³-hybridized carbons (Fsp3) is 0.389. The summed E-state index contributed by atoms with van der Waals surface area (Å²) in [6, 6.07) is 11.8. The monoisotopic (exact) mass is 326 g/mol. The Bertz CT molecular complexity index is 685. The number of benzene rings is 1. The van der Waals surface area contributed by atoms with Crippen LogP contribution in [0.3, 0.4) is 0 Å². The summed E-state index contributed by atoms with van der Waals surface area (Å²) in [5.74, 6) is 1.18. The first-order valence-corrected chi connectivity index (χ1v) is 8.16. The minimum absolute atomic E-state index is 0.144. The van der Waals surface area contributed by atoms with Gasteiger partial charge in [0.25, 0.3) is 0 Å². The van der Waals surface area contributed by atoms with Gasteiger partial charge in [0.2, 0.25) is 5.91 Å². The molecule has 24 heavy (non-hydrogen) atoms. The summed E-state index contributed by atoms with van der Waals surface area (Å²) in [5, 5.41) is 0. The lowest BCUT2D eigenvalue weighted by atomic mass is 10.1. The number of aromatic nitrogens is 2. The Hall–Kier alpha value is -2.47. The van der Waals surface area contributed by atoms with Gasteiger partial charge in [0.05, 0.1) is 18.8 Å². The molecular weight excluding hydrogens is 304 g/mol. The SMILES string of the molecule is Cc1nc(N)cc([C@@H]2CN(C(=O)CCc3ccccc3)CCO2)n1. The highest BCUT2D eigenvalue weighted by molar-refractivity contribution is 5.76. The van der Waals surface area contributed by atoms with Crippen LogP contribution < -0.4 is 5.73 Å². The predicted octanol–water partition coefficient (Wildman–Crippen LogP) is 1.90. The first-order valence-electron chi connectivity index (χ1n) is 8.16. The van der Waals surface area contributed by atoms with E-state index >= 15 is 0 Å². The Morgan fingerprint density at radius 1 is 1.33 bits per heavy atom. The largest absolute Gasteiger partial charge is 0.384 e. The zero-order valence-corrected chi connectivity index (χ0v) is 13.8. The highest BCUT2D eigenvalue weighted by Crippen LogP contribution is 2.22. The van der Waals surface area contributed by atoms with Gasteiger partial charge in [-0.25, -0.2) is 9.97 Å². The molecule has 2 N–H and O–H groups in total. The van der Waals surface area contributed by atoms with Crippen molar-refractivity contribution in [3.05, 3.63) is 53.5 Å². The van der Waals surface area contributed by atoms with Crippen molar-refractivity contribution in [2.24, 2.45) is 0 Å². The number of aryl methyl sites for hydroxylation is 2. The third-order valence-corrected chi connectivity index (χ3v) is 4.10. The van der Waals surface area contributed by atoms with Gasteiger partial charge in [-0.15, -0.1) is 0 Å². The lowest BCUT2D eigenvalue weighted by molar-refractivity contribution is -0.139. The Balaban J connectivity index is 1.61. The van der Waals surface area contributed by atoms with Crippen LogP contribution in [-0.4, -0.2) is 40.5 Å². The number of hydrogen-bond donors (Lipinski definition) is 1. The number of nitrogens with two attached hydrogens (primary N) is 1. The normalized spacial score (nSPS) is 17.7. The first-order chi connectivity index (χ1) is 11.6. The summed E-state index contributed by atoms with van der Waals surface area (Å²) >= 11 is 0. The molecule has 2 heterocycles. The minimum Gasteiger partial charge on any atom is -0.384 e. The maximum absolute atomic E-state index is 12.5. The summed E-state index contributed by atoms with van der Waals surface area (Å²) < 4.78 is 5.78. The van der Waals surface area contributed by atoms with Gasteiger partial charge in [-0.05, 0) is 18.9 Å². The van der Waals surface area contributed by atoms with Crippen LogP contribution in [-0.2, 0) is 16.0 Å². The van der Waals surface area contributed by atoms with Crippen LogP contribution in [0.5, 0.6) is 0 Å². The maximum Gasteiger partial charge on any atom is 0.223 e. The molecule has 0 radical (unpaired) electrons. The molecule has 1 saturated heterocycles. The summed E-state index contributed by atoms with van der Waals surface area (Å²) in [4.78, 5) is 22.8. The van der Waals surface area contributed by atoms with Crippen LogP contribution in [0, 0.1) is 6.92 Å². The number of nitrogen functional groups attached to an aromatic ring is 1. The van der Waals surface area contributed by atoms with E-state index in [0.717, 1.165) is 12.1 Å². The smallest absolute Gasteiger partial charge is 0.223 e. The zero-order valence-electron chi connectivity index (χ0n) is 13.8. The van der Waals surface area contributed by atoms with Gasteiger partial charge < -0.3 is 15.4 Å². The lowest BCUT2D eigenvalue weighted by Crippen LogP contribution is -2.42. The van der Waals surface area contributed by atoms with Gasteiger partial charge in [-0.1, -0.05) is 30.3 Å². The molecule has 1 aliphatic rings. The number of amides is 1. The van der Waals surface area contributed by atoms with Gasteiger partial charge in [-0.2, -0.15) is 0 Å². The molecule has 0 aliphatic carbocycles. The quantitative estimate of drug-likeness (QED) is 0.928. The van der Waals surface area contributed by atoms with E-state index in [-0.39, 0.29) is 12.0 Å². The molecule has 1 amide bonds. The Kier molecular flexibility index (Phi) is 5.05. The van der Waals surface area contributed by atoms with Crippen molar-refractivity contribution in [3.8, 4) is 0 Å². The van der Waals surface area contributed by atoms with Crippen LogP contribution in [0.15, 0.2) is 36.4 Å². The molecule has 0 unspecified atom stereocenters. The van der Waals surface area contributed by atoms with Crippen LogP contribution in [0.25, 0.3) is 0 Å². The zero-order chi connectivity index (χ0) is 16.9. The lowest BCUT2D eigenvalue weighted by Gasteiger charge is -2.33. The molecule has 2 aromatic rings. The summed E-state index contributed by atoms with van der Waals surface area (Å²) in [7, 11) is 0. The fourth-order valence-electron chi connectivity index (χ4n) is 2.89. The second-order valence-corrected chi connectivity index (χ2v) is 5.95. The number of anilines is 1. The van der Waals surface area contributed by atoms with Crippen molar-refractivity contribution >= 4 is 11.7 Å². The molecular formula is C18H22N4O2. The van der Waals surface area contributed by atoms with E-state index < -0.39 is 0 Å². The number of carbonyl (C=O) groups excluding carboxylic acids is 1. The van der Waals surface area contributed by atoms with E-state index in [1.54, 1.807) is 13.0 Å². The molecule has 6 heteroatoms. The number of rotatable bonds is 4. The van der Waals surface area contributed by atoms with Gasteiger partial charge in [-0.3, -0.25) is 4.79 Å². The van der Waals surface area contributed by atoms with E-state index in [9.17, 15) is 4.79 Å². The average Bonchev–Trinajstić information content (AvgIpc) is 2.60. The molecule has 0 saturated carbocycles. The number of ether oxygens (including phenoxy) is 1. The Labute approximate surface area is 141 Å². The van der Waals surface area contributed by atoms with Crippen LogP contribution in [0.2, 0.25) is 0 Å². The van der Waals surface area contributed by atoms with Gasteiger partial charge in [0.15, 0.2) is 0 Å². The van der Waals surface area contributed by atoms with Crippen molar-refractivity contribution in [3.63, 3.8) is 0 Å². The number of carbonyl (C=O) groups is 1. The number of hydrogen-bond acceptors (Lipinski definition) is 5. The highest BCUT2D eigenvalue weighted by Gasteiger charge is 2.26. The van der Waals surface area contributed by atoms with Gasteiger partial charge >= 0.3 is 0 Å². The van der Waals surface area contributed by atoms with Crippen LogP contribution in [0.4, 0.5) is 5.82 Å². The van der Waals surface area contributed by atoms with E-state index in [0.29, 0.717) is 37.8 Å². The molecule has 1 fully saturated rings. The Morgan fingerprint density at radius 2 is 2.12 bits per heavy atom. The van der Waals surface area contributed by atoms with Gasteiger partial charge in [0.1, 0.15) is 17.7 Å². The summed E-state index contributed by atoms with van der Waals surface area (Å²) in [6.45, 7) is 3.42. The van der Waals surface area contributed by atoms with E-state index in [2.05, 4.69) is 9.97 Å². The van der Waals surface area contributed by atoms with Crippen molar-refractivity contribution in [2.45, 2.75) is 25.9 Å². The van der Waals surface area contributed by atoms with E-state index in [4.69, 9.17) is 10.5 Å². The topological polar surface area (TPSA) is 81.3 Å². The average molecular weight is 326 g/mol. The molecule has 1 aromatic carbocycles. The van der Waals surface area contributed by atoms with Crippen molar-refractivity contribution in [2.75, 3.05) is 25.4 Å². The molecule has 1 aliphatic heterocycles. The third kappa shape index (κ3) is 4.08. The fourth-order valence-corrected chi connectivity index (χ4v) is 2.89. The summed E-state index contributed by atoms with van der Waals surface area (Å²) in [5.41, 5.74) is 7.70. The van der Waals surface area contributed by atoms with E-state index in [1.165, 1.54) is 5.56 Å². The second-order valence-electron chi connectivity index (χ2n) is 5.95. The molecule has 1 atom stereocenters. The summed E-state index contributed by atoms with van der Waals surface area (Å²) in [6.07, 6.45) is 1.01. The maximum atomic E-state index is 12.5. The molecule has 126 valence electrons. The third-order valence-electron chi connectivity index (χ3n) is 4.10. The highest BCUT2D eigenvalue weighted by atomic mass is 16.5. The van der Waals surface area contributed by atoms with Crippen molar-refractivity contribution < 1.29 is 9.53 Å². The van der Waals surface area contributed by atoms with E-state index in [1.807, 2.05) is 35.2 Å². The van der Waals surface area contributed by atoms with Gasteiger partial charge in [0, 0.05) is 19.0 Å². The molecule has 0 bridgehead atoms. The molecule has 6 nitrogen and oxygen atoms in total. The molecule has 1 aromatic heterocycles. The number of nitrogens with zero attached hydrogens (tertiary/aromatic N) is 3. The predicted molar refractivity (Wildman–Crippen MR) is 91.2 cm³/mol. The molecule has 0 spiro atoms. The first kappa shape index (κ1) is 16.4. The van der Waals surface area contributed by atoms with Crippen LogP contribution in [0.1, 0.15) is 29.6 Å².